The first kappa shape index (κ1) is 15.6. The molecule has 0 fully saturated rings. The predicted octanol–water partition coefficient (Wildman–Crippen LogP) is 0.0602. The Morgan fingerprint density at radius 2 is 1.70 bits per heavy atom. The van der Waals surface area contributed by atoms with Gasteiger partial charge >= 0.3 is 5.97 Å². The number of ether oxygens (including phenoxy) is 2. The minimum atomic E-state index is -1.23. The van der Waals surface area contributed by atoms with Crippen LogP contribution in [0.15, 0.2) is 24.3 Å². The molecule has 0 heterocycles. The highest BCUT2D eigenvalue weighted by molar-refractivity contribution is 6.02. The van der Waals surface area contributed by atoms with Crippen molar-refractivity contribution in [3.63, 3.8) is 0 Å². The smallest absolute Gasteiger partial charge is 0.332 e. The summed E-state index contributed by atoms with van der Waals surface area (Å²) >= 11 is 0. The van der Waals surface area contributed by atoms with Crippen LogP contribution in [0.1, 0.15) is 17.3 Å². The molecule has 7 nitrogen and oxygen atoms in total. The highest BCUT2D eigenvalue weighted by Gasteiger charge is 2.24. The zero-order valence-electron chi connectivity index (χ0n) is 11.4. The van der Waals surface area contributed by atoms with Crippen LogP contribution in [0, 0.1) is 0 Å². The third-order valence-corrected chi connectivity index (χ3v) is 2.53. The largest absolute Gasteiger partial charge is 0.497 e. The number of nitrogens with one attached hydrogen (secondary N) is 2. The summed E-state index contributed by atoms with van der Waals surface area (Å²) in [5, 5.41) is 0. The first-order chi connectivity index (χ1) is 9.49. The van der Waals surface area contributed by atoms with Gasteiger partial charge in [0.1, 0.15) is 5.75 Å². The number of amides is 1. The van der Waals surface area contributed by atoms with Crippen LogP contribution in [0.4, 0.5) is 0 Å². The molecule has 1 aromatic carbocycles. The first-order valence-corrected chi connectivity index (χ1v) is 5.77. The Kier molecular flexibility index (Phi) is 5.67. The molecular weight excluding hydrogens is 264 g/mol. The lowest BCUT2D eigenvalue weighted by atomic mass is 10.2. The molecule has 1 aromatic rings. The number of carbonyl (C=O) groups excluding carboxylic acids is 3. The number of Topliss-reactive ketones (excluding diaryl/α,β-unsaturated/α-hetero) is 1. The van der Waals surface area contributed by atoms with Gasteiger partial charge in [0.15, 0.2) is 11.8 Å². The highest BCUT2D eigenvalue weighted by atomic mass is 16.5. The Morgan fingerprint density at radius 3 is 2.15 bits per heavy atom. The number of carbonyl (C=O) groups is 3. The number of benzene rings is 1. The third kappa shape index (κ3) is 4.06. The average molecular weight is 280 g/mol. The van der Waals surface area contributed by atoms with Gasteiger partial charge in [-0.1, -0.05) is 0 Å². The van der Waals surface area contributed by atoms with E-state index in [2.05, 4.69) is 15.6 Å². The Balaban J connectivity index is 2.65. The van der Waals surface area contributed by atoms with E-state index in [1.807, 2.05) is 0 Å². The molecule has 0 bridgehead atoms. The maximum absolute atomic E-state index is 11.8. The van der Waals surface area contributed by atoms with Crippen molar-refractivity contribution in [3.8, 4) is 5.75 Å². The van der Waals surface area contributed by atoms with Gasteiger partial charge in [-0.25, -0.2) is 10.2 Å². The van der Waals surface area contributed by atoms with E-state index in [0.717, 1.165) is 7.11 Å². The number of methoxy groups -OCH3 is 2. The van der Waals surface area contributed by atoms with Crippen LogP contribution in [0.25, 0.3) is 0 Å². The Hall–Kier alpha value is -2.41. The number of hydrogen-bond donors (Lipinski definition) is 2. The molecular formula is C13H16N2O5. The molecule has 0 saturated carbocycles. The van der Waals surface area contributed by atoms with E-state index in [9.17, 15) is 14.4 Å². The van der Waals surface area contributed by atoms with Gasteiger partial charge in [0.2, 0.25) is 0 Å². The second-order valence-electron chi connectivity index (χ2n) is 3.89. The molecule has 7 heteroatoms. The molecule has 0 spiro atoms. The quantitative estimate of drug-likeness (QED) is 0.435. The van der Waals surface area contributed by atoms with Crippen LogP contribution in [0.2, 0.25) is 0 Å². The molecule has 0 aliphatic heterocycles. The van der Waals surface area contributed by atoms with E-state index in [1.165, 1.54) is 14.0 Å². The molecule has 1 unspecified atom stereocenters. The molecule has 0 aliphatic carbocycles. The molecule has 0 saturated heterocycles. The van der Waals surface area contributed by atoms with Crippen molar-refractivity contribution in [3.05, 3.63) is 29.8 Å². The first-order valence-electron chi connectivity index (χ1n) is 5.77. The van der Waals surface area contributed by atoms with Crippen LogP contribution >= 0.6 is 0 Å². The summed E-state index contributed by atoms with van der Waals surface area (Å²) in [5.41, 5.74) is 4.98. The van der Waals surface area contributed by atoms with E-state index in [-0.39, 0.29) is 0 Å². The van der Waals surface area contributed by atoms with Crippen molar-refractivity contribution in [2.24, 2.45) is 0 Å². The van der Waals surface area contributed by atoms with Gasteiger partial charge in [-0.3, -0.25) is 15.0 Å². The number of rotatable bonds is 6. The minimum absolute atomic E-state index is 0.352. The fourth-order valence-electron chi connectivity index (χ4n) is 1.40. The normalized spacial score (nSPS) is 11.3. The number of ketones is 1. The summed E-state index contributed by atoms with van der Waals surface area (Å²) in [6.07, 6.45) is 0. The van der Waals surface area contributed by atoms with E-state index >= 15 is 0 Å². The van der Waals surface area contributed by atoms with Crippen molar-refractivity contribution < 1.29 is 23.9 Å². The van der Waals surface area contributed by atoms with Gasteiger partial charge in [-0.2, -0.15) is 0 Å². The minimum Gasteiger partial charge on any atom is -0.497 e. The van der Waals surface area contributed by atoms with E-state index in [4.69, 9.17) is 4.74 Å². The number of esters is 1. The SMILES string of the molecule is COC(=O)C(NNC(=O)c1ccc(OC)cc1)C(C)=O. The second-order valence-corrected chi connectivity index (χ2v) is 3.89. The average Bonchev–Trinajstić information content (AvgIpc) is 2.46. The van der Waals surface area contributed by atoms with Crippen molar-refractivity contribution >= 4 is 17.7 Å². The monoisotopic (exact) mass is 280 g/mol. The molecule has 1 atom stereocenters. The fourth-order valence-corrected chi connectivity index (χ4v) is 1.40. The Bertz CT molecular complexity index is 498. The van der Waals surface area contributed by atoms with E-state index in [0.29, 0.717) is 11.3 Å². The third-order valence-electron chi connectivity index (χ3n) is 2.53. The number of hydrazine groups is 1. The van der Waals surface area contributed by atoms with Crippen LogP contribution in [0.5, 0.6) is 5.75 Å². The molecule has 0 aromatic heterocycles. The van der Waals surface area contributed by atoms with Gasteiger partial charge in [0.25, 0.3) is 5.91 Å². The summed E-state index contributed by atoms with van der Waals surface area (Å²) in [6.45, 7) is 1.22. The predicted molar refractivity (Wildman–Crippen MR) is 70.1 cm³/mol. The molecule has 0 aliphatic rings. The topological polar surface area (TPSA) is 93.7 Å². The van der Waals surface area contributed by atoms with Crippen molar-refractivity contribution in [2.75, 3.05) is 14.2 Å². The summed E-state index contributed by atoms with van der Waals surface area (Å²) in [6, 6.07) is 5.12. The van der Waals surface area contributed by atoms with Crippen LogP contribution < -0.4 is 15.6 Å². The number of hydrogen-bond acceptors (Lipinski definition) is 6. The Morgan fingerprint density at radius 1 is 1.10 bits per heavy atom. The zero-order valence-corrected chi connectivity index (χ0v) is 11.4. The molecule has 108 valence electrons. The van der Waals surface area contributed by atoms with Gasteiger partial charge < -0.3 is 9.47 Å². The lowest BCUT2D eigenvalue weighted by Gasteiger charge is -2.14. The van der Waals surface area contributed by atoms with E-state index in [1.54, 1.807) is 24.3 Å². The summed E-state index contributed by atoms with van der Waals surface area (Å²) < 4.78 is 9.42. The lowest BCUT2D eigenvalue weighted by Crippen LogP contribution is -2.51. The molecule has 1 rings (SSSR count). The standard InChI is InChI=1S/C13H16N2O5/c1-8(16)11(13(18)20-3)14-15-12(17)9-4-6-10(19-2)7-5-9/h4-7,11,14H,1-3H3,(H,15,17). The van der Waals surface area contributed by atoms with Gasteiger partial charge in [-0.15, -0.1) is 0 Å². The van der Waals surface area contributed by atoms with Crippen LogP contribution in [-0.4, -0.2) is 37.9 Å². The van der Waals surface area contributed by atoms with Crippen LogP contribution in [-0.2, 0) is 14.3 Å². The molecule has 2 N–H and O–H groups in total. The van der Waals surface area contributed by atoms with Gasteiger partial charge in [-0.05, 0) is 31.2 Å². The summed E-state index contributed by atoms with van der Waals surface area (Å²) in [7, 11) is 2.68. The molecule has 1 amide bonds. The van der Waals surface area contributed by atoms with Gasteiger partial charge in [0.05, 0.1) is 14.2 Å². The lowest BCUT2D eigenvalue weighted by molar-refractivity contribution is -0.146. The fraction of sp³-hybridized carbons (Fsp3) is 0.308. The van der Waals surface area contributed by atoms with Crippen molar-refractivity contribution in [1.29, 1.82) is 0 Å². The van der Waals surface area contributed by atoms with Crippen LogP contribution in [0.3, 0.4) is 0 Å². The maximum Gasteiger partial charge on any atom is 0.332 e. The summed E-state index contributed by atoms with van der Waals surface area (Å²) in [5.74, 6) is -1.10. The second kappa shape index (κ2) is 7.25. The Labute approximate surface area is 116 Å². The molecule has 0 radical (unpaired) electrons. The summed E-state index contributed by atoms with van der Waals surface area (Å²) in [4.78, 5) is 34.4. The van der Waals surface area contributed by atoms with E-state index < -0.39 is 23.7 Å². The van der Waals surface area contributed by atoms with Gasteiger partial charge in [0, 0.05) is 5.56 Å². The highest BCUT2D eigenvalue weighted by Crippen LogP contribution is 2.10. The molecule has 20 heavy (non-hydrogen) atoms. The van der Waals surface area contributed by atoms with Crippen molar-refractivity contribution in [2.45, 2.75) is 13.0 Å². The van der Waals surface area contributed by atoms with Crippen molar-refractivity contribution in [1.82, 2.24) is 10.9 Å². The maximum atomic E-state index is 11.8. The zero-order chi connectivity index (χ0) is 15.1.